The van der Waals surface area contributed by atoms with Crippen molar-refractivity contribution >= 4 is 17.6 Å². The first kappa shape index (κ1) is 14.5. The van der Waals surface area contributed by atoms with Crippen LogP contribution < -0.4 is 5.32 Å². The minimum atomic E-state index is -0.518. The van der Waals surface area contributed by atoms with Gasteiger partial charge in [-0.3, -0.25) is 14.5 Å². The Labute approximate surface area is 117 Å². The SMILES string of the molecule is COC(=O)C1COCCN1CC(=O)Nc1ccccc1. The van der Waals surface area contributed by atoms with E-state index >= 15 is 0 Å². The number of carbonyl (C=O) groups excluding carboxylic acids is 2. The van der Waals surface area contributed by atoms with Crippen molar-refractivity contribution in [3.05, 3.63) is 30.3 Å². The van der Waals surface area contributed by atoms with Crippen molar-refractivity contribution in [2.24, 2.45) is 0 Å². The van der Waals surface area contributed by atoms with Crippen LogP contribution in [0.2, 0.25) is 0 Å². The van der Waals surface area contributed by atoms with Crippen molar-refractivity contribution in [2.75, 3.05) is 38.7 Å². The zero-order valence-corrected chi connectivity index (χ0v) is 11.4. The van der Waals surface area contributed by atoms with Gasteiger partial charge in [0, 0.05) is 12.2 Å². The molecule has 20 heavy (non-hydrogen) atoms. The number of amides is 1. The van der Waals surface area contributed by atoms with Gasteiger partial charge in [-0.25, -0.2) is 0 Å². The number of para-hydroxylation sites is 1. The number of morpholine rings is 1. The van der Waals surface area contributed by atoms with E-state index < -0.39 is 6.04 Å². The van der Waals surface area contributed by atoms with Crippen LogP contribution >= 0.6 is 0 Å². The van der Waals surface area contributed by atoms with Crippen LogP contribution in [-0.4, -0.2) is 56.2 Å². The van der Waals surface area contributed by atoms with E-state index in [-0.39, 0.29) is 25.0 Å². The van der Waals surface area contributed by atoms with E-state index in [4.69, 9.17) is 9.47 Å². The monoisotopic (exact) mass is 278 g/mol. The summed E-state index contributed by atoms with van der Waals surface area (Å²) in [6.45, 7) is 1.43. The van der Waals surface area contributed by atoms with Gasteiger partial charge < -0.3 is 14.8 Å². The molecule has 1 aliphatic heterocycles. The van der Waals surface area contributed by atoms with Crippen molar-refractivity contribution in [2.45, 2.75) is 6.04 Å². The summed E-state index contributed by atoms with van der Waals surface area (Å²) in [6.07, 6.45) is 0. The molecule has 1 aromatic carbocycles. The fourth-order valence-electron chi connectivity index (χ4n) is 2.09. The van der Waals surface area contributed by atoms with Crippen molar-refractivity contribution in [1.82, 2.24) is 4.90 Å². The number of esters is 1. The maximum Gasteiger partial charge on any atom is 0.325 e. The predicted octanol–water partition coefficient (Wildman–Crippen LogP) is 0.499. The standard InChI is InChI=1S/C14H18N2O4/c1-19-14(18)12-10-20-8-7-16(12)9-13(17)15-11-5-3-2-4-6-11/h2-6,12H,7-10H2,1H3,(H,15,17). The molecule has 6 nitrogen and oxygen atoms in total. The summed E-state index contributed by atoms with van der Waals surface area (Å²) in [5.74, 6) is -0.538. The molecule has 0 bridgehead atoms. The van der Waals surface area contributed by atoms with Gasteiger partial charge in [0.25, 0.3) is 0 Å². The Balaban J connectivity index is 1.93. The molecule has 6 heteroatoms. The highest BCUT2D eigenvalue weighted by Gasteiger charge is 2.31. The summed E-state index contributed by atoms with van der Waals surface area (Å²) in [4.78, 5) is 25.4. The number of hydrogen-bond donors (Lipinski definition) is 1. The maximum atomic E-state index is 12.0. The lowest BCUT2D eigenvalue weighted by Gasteiger charge is -2.32. The molecular formula is C14H18N2O4. The number of methoxy groups -OCH3 is 1. The lowest BCUT2D eigenvalue weighted by atomic mass is 10.2. The summed E-state index contributed by atoms with van der Waals surface area (Å²) in [7, 11) is 1.33. The van der Waals surface area contributed by atoms with E-state index in [1.807, 2.05) is 30.3 Å². The third-order valence-corrected chi connectivity index (χ3v) is 3.12. The quantitative estimate of drug-likeness (QED) is 0.812. The van der Waals surface area contributed by atoms with Gasteiger partial charge in [-0.1, -0.05) is 18.2 Å². The molecule has 108 valence electrons. The Morgan fingerprint density at radius 1 is 1.40 bits per heavy atom. The Kier molecular flexibility index (Phi) is 5.09. The Morgan fingerprint density at radius 3 is 2.85 bits per heavy atom. The zero-order chi connectivity index (χ0) is 14.4. The van der Waals surface area contributed by atoms with Gasteiger partial charge in [0.2, 0.25) is 5.91 Å². The van der Waals surface area contributed by atoms with E-state index in [0.29, 0.717) is 13.2 Å². The molecule has 0 spiro atoms. The average molecular weight is 278 g/mol. The lowest BCUT2D eigenvalue weighted by molar-refractivity contribution is -0.153. The van der Waals surface area contributed by atoms with E-state index in [9.17, 15) is 9.59 Å². The lowest BCUT2D eigenvalue weighted by Crippen LogP contribution is -2.52. The Hall–Kier alpha value is -1.92. The molecule has 0 radical (unpaired) electrons. The van der Waals surface area contributed by atoms with E-state index in [0.717, 1.165) is 5.69 Å². The summed E-state index contributed by atoms with van der Waals surface area (Å²) in [5, 5.41) is 2.79. The Bertz CT molecular complexity index is 464. The maximum absolute atomic E-state index is 12.0. The molecule has 1 N–H and O–H groups in total. The van der Waals surface area contributed by atoms with Crippen molar-refractivity contribution < 1.29 is 19.1 Å². The van der Waals surface area contributed by atoms with Crippen LogP contribution in [0.15, 0.2) is 30.3 Å². The summed E-state index contributed by atoms with van der Waals surface area (Å²) in [5.41, 5.74) is 0.736. The van der Waals surface area contributed by atoms with E-state index in [2.05, 4.69) is 5.32 Å². The summed E-state index contributed by atoms with van der Waals surface area (Å²) < 4.78 is 9.99. The van der Waals surface area contributed by atoms with Gasteiger partial charge in [-0.05, 0) is 12.1 Å². The van der Waals surface area contributed by atoms with Crippen LogP contribution in [0.1, 0.15) is 0 Å². The molecule has 1 fully saturated rings. The highest BCUT2D eigenvalue weighted by molar-refractivity contribution is 5.92. The third-order valence-electron chi connectivity index (χ3n) is 3.12. The zero-order valence-electron chi connectivity index (χ0n) is 11.4. The van der Waals surface area contributed by atoms with Gasteiger partial charge in [0.05, 0.1) is 26.9 Å². The molecule has 1 unspecified atom stereocenters. The van der Waals surface area contributed by atoms with Gasteiger partial charge in [-0.15, -0.1) is 0 Å². The second-order valence-electron chi connectivity index (χ2n) is 4.50. The normalized spacial score (nSPS) is 19.4. The number of ether oxygens (including phenoxy) is 2. The number of nitrogens with zero attached hydrogens (tertiary/aromatic N) is 1. The van der Waals surface area contributed by atoms with Crippen LogP contribution in [0.4, 0.5) is 5.69 Å². The molecule has 1 amide bonds. The van der Waals surface area contributed by atoms with Crippen LogP contribution in [0, 0.1) is 0 Å². The number of hydrogen-bond acceptors (Lipinski definition) is 5. The summed E-state index contributed by atoms with van der Waals surface area (Å²) in [6, 6.07) is 8.69. The van der Waals surface area contributed by atoms with Crippen molar-refractivity contribution in [3.8, 4) is 0 Å². The molecule has 2 rings (SSSR count). The smallest absolute Gasteiger partial charge is 0.325 e. The fourth-order valence-corrected chi connectivity index (χ4v) is 2.09. The molecule has 1 aliphatic rings. The molecule has 1 heterocycles. The average Bonchev–Trinajstić information content (AvgIpc) is 2.48. The first-order valence-corrected chi connectivity index (χ1v) is 6.45. The fraction of sp³-hybridized carbons (Fsp3) is 0.429. The predicted molar refractivity (Wildman–Crippen MR) is 73.3 cm³/mol. The van der Waals surface area contributed by atoms with Crippen molar-refractivity contribution in [3.63, 3.8) is 0 Å². The largest absolute Gasteiger partial charge is 0.468 e. The molecule has 1 saturated heterocycles. The van der Waals surface area contributed by atoms with Crippen LogP contribution in [-0.2, 0) is 19.1 Å². The third kappa shape index (κ3) is 3.79. The van der Waals surface area contributed by atoms with Gasteiger partial charge >= 0.3 is 5.97 Å². The van der Waals surface area contributed by atoms with Crippen molar-refractivity contribution in [1.29, 1.82) is 0 Å². The van der Waals surface area contributed by atoms with Crippen LogP contribution in [0.25, 0.3) is 0 Å². The molecular weight excluding hydrogens is 260 g/mol. The molecule has 0 saturated carbocycles. The van der Waals surface area contributed by atoms with Gasteiger partial charge in [0.15, 0.2) is 0 Å². The summed E-state index contributed by atoms with van der Waals surface area (Å²) >= 11 is 0. The second-order valence-corrected chi connectivity index (χ2v) is 4.50. The number of benzene rings is 1. The number of rotatable bonds is 4. The second kappa shape index (κ2) is 7.02. The van der Waals surface area contributed by atoms with E-state index in [1.165, 1.54) is 7.11 Å². The molecule has 0 aliphatic carbocycles. The van der Waals surface area contributed by atoms with Gasteiger partial charge in [-0.2, -0.15) is 0 Å². The number of carbonyl (C=O) groups is 2. The highest BCUT2D eigenvalue weighted by atomic mass is 16.5. The minimum absolute atomic E-state index is 0.137. The molecule has 1 aromatic rings. The first-order chi connectivity index (χ1) is 9.70. The first-order valence-electron chi connectivity index (χ1n) is 6.45. The molecule has 1 atom stereocenters. The Morgan fingerprint density at radius 2 is 2.15 bits per heavy atom. The van der Waals surface area contributed by atoms with Crippen LogP contribution in [0.3, 0.4) is 0 Å². The highest BCUT2D eigenvalue weighted by Crippen LogP contribution is 2.10. The van der Waals surface area contributed by atoms with E-state index in [1.54, 1.807) is 4.90 Å². The number of anilines is 1. The minimum Gasteiger partial charge on any atom is -0.468 e. The molecule has 0 aromatic heterocycles. The topological polar surface area (TPSA) is 67.9 Å². The number of nitrogens with one attached hydrogen (secondary N) is 1. The van der Waals surface area contributed by atoms with Gasteiger partial charge in [0.1, 0.15) is 6.04 Å². The van der Waals surface area contributed by atoms with Crippen LogP contribution in [0.5, 0.6) is 0 Å².